The minimum atomic E-state index is -3.53. The molecule has 1 aromatic carbocycles. The Morgan fingerprint density at radius 2 is 2.00 bits per heavy atom. The van der Waals surface area contributed by atoms with Crippen LogP contribution in [0.4, 0.5) is 11.4 Å². The molecule has 2 rings (SSSR count). The van der Waals surface area contributed by atoms with Crippen molar-refractivity contribution in [3.05, 3.63) is 39.7 Å². The molecule has 0 bridgehead atoms. The number of hydrogen-bond donors (Lipinski definition) is 2. The highest BCUT2D eigenvalue weighted by Gasteiger charge is 2.17. The van der Waals surface area contributed by atoms with Gasteiger partial charge in [-0.05, 0) is 58.7 Å². The van der Waals surface area contributed by atoms with Crippen LogP contribution >= 0.6 is 27.3 Å². The molecule has 0 amide bonds. The maximum absolute atomic E-state index is 12.1. The second kappa shape index (κ2) is 4.91. The van der Waals surface area contributed by atoms with E-state index < -0.39 is 10.0 Å². The van der Waals surface area contributed by atoms with Crippen molar-refractivity contribution in [2.24, 2.45) is 0 Å². The fraction of sp³-hybridized carbons (Fsp3) is 0.0909. The minimum absolute atomic E-state index is 0.269. The predicted molar refractivity (Wildman–Crippen MR) is 78.4 cm³/mol. The lowest BCUT2D eigenvalue weighted by molar-refractivity contribution is 0.603. The SMILES string of the molecule is Cc1cc(N)ccc1NS(=O)(=O)c1ccc(Br)s1. The average molecular weight is 347 g/mol. The van der Waals surface area contributed by atoms with Gasteiger partial charge in [0, 0.05) is 5.69 Å². The number of nitrogens with one attached hydrogen (secondary N) is 1. The summed E-state index contributed by atoms with van der Waals surface area (Å²) < 4.78 is 27.8. The number of anilines is 2. The van der Waals surface area contributed by atoms with E-state index >= 15 is 0 Å². The molecule has 0 fully saturated rings. The van der Waals surface area contributed by atoms with E-state index in [1.165, 1.54) is 0 Å². The van der Waals surface area contributed by atoms with Crippen molar-refractivity contribution in [2.75, 3.05) is 10.5 Å². The van der Waals surface area contributed by atoms with E-state index in [1.807, 2.05) is 0 Å². The molecule has 0 atom stereocenters. The maximum atomic E-state index is 12.1. The van der Waals surface area contributed by atoms with Gasteiger partial charge in [-0.25, -0.2) is 8.42 Å². The lowest BCUT2D eigenvalue weighted by atomic mass is 10.2. The highest BCUT2D eigenvalue weighted by Crippen LogP contribution is 2.28. The van der Waals surface area contributed by atoms with Gasteiger partial charge in [0.2, 0.25) is 0 Å². The van der Waals surface area contributed by atoms with E-state index in [0.29, 0.717) is 11.4 Å². The number of benzene rings is 1. The lowest BCUT2D eigenvalue weighted by Crippen LogP contribution is -2.12. The number of halogens is 1. The fourth-order valence-electron chi connectivity index (χ4n) is 1.44. The first-order valence-corrected chi connectivity index (χ1v) is 8.12. The van der Waals surface area contributed by atoms with E-state index in [4.69, 9.17) is 5.73 Å². The molecule has 2 aromatic rings. The Hall–Kier alpha value is -1.05. The number of sulfonamides is 1. The second-order valence-electron chi connectivity index (χ2n) is 3.74. The number of rotatable bonds is 3. The summed E-state index contributed by atoms with van der Waals surface area (Å²) in [6, 6.07) is 8.31. The molecule has 96 valence electrons. The van der Waals surface area contributed by atoms with Gasteiger partial charge in [-0.3, -0.25) is 4.72 Å². The first kappa shape index (κ1) is 13.4. The van der Waals surface area contributed by atoms with Gasteiger partial charge in [0.15, 0.2) is 0 Å². The summed E-state index contributed by atoms with van der Waals surface area (Å²) in [5, 5.41) is 0. The molecule has 0 radical (unpaired) electrons. The van der Waals surface area contributed by atoms with Crippen molar-refractivity contribution in [3.8, 4) is 0 Å². The lowest BCUT2D eigenvalue weighted by Gasteiger charge is -2.09. The third-order valence-electron chi connectivity index (χ3n) is 2.31. The summed E-state index contributed by atoms with van der Waals surface area (Å²) in [6.07, 6.45) is 0. The summed E-state index contributed by atoms with van der Waals surface area (Å²) in [4.78, 5) is 0. The van der Waals surface area contributed by atoms with Gasteiger partial charge in [0.05, 0.1) is 9.47 Å². The van der Waals surface area contributed by atoms with Crippen LogP contribution < -0.4 is 10.5 Å². The molecule has 0 spiro atoms. The van der Waals surface area contributed by atoms with Crippen LogP contribution in [0.15, 0.2) is 38.3 Å². The summed E-state index contributed by atoms with van der Waals surface area (Å²) >= 11 is 4.41. The molecule has 1 heterocycles. The van der Waals surface area contributed by atoms with Crippen molar-refractivity contribution in [1.82, 2.24) is 0 Å². The average Bonchev–Trinajstić information content (AvgIpc) is 2.70. The highest BCUT2D eigenvalue weighted by molar-refractivity contribution is 9.11. The van der Waals surface area contributed by atoms with Gasteiger partial charge in [-0.15, -0.1) is 11.3 Å². The highest BCUT2D eigenvalue weighted by atomic mass is 79.9. The summed E-state index contributed by atoms with van der Waals surface area (Å²) in [7, 11) is -3.53. The Morgan fingerprint density at radius 1 is 1.28 bits per heavy atom. The zero-order valence-electron chi connectivity index (χ0n) is 9.48. The molecular weight excluding hydrogens is 336 g/mol. The van der Waals surface area contributed by atoms with Crippen molar-refractivity contribution < 1.29 is 8.42 Å². The van der Waals surface area contributed by atoms with E-state index in [-0.39, 0.29) is 4.21 Å². The summed E-state index contributed by atoms with van der Waals surface area (Å²) in [5.41, 5.74) is 7.55. The molecule has 18 heavy (non-hydrogen) atoms. The molecule has 0 saturated carbocycles. The molecule has 3 N–H and O–H groups in total. The number of hydrogen-bond acceptors (Lipinski definition) is 4. The Morgan fingerprint density at radius 3 is 2.56 bits per heavy atom. The minimum Gasteiger partial charge on any atom is -0.399 e. The van der Waals surface area contributed by atoms with Crippen LogP contribution in [0.5, 0.6) is 0 Å². The Kier molecular flexibility index (Phi) is 3.65. The Balaban J connectivity index is 2.33. The predicted octanol–water partition coefficient (Wildman–Crippen LogP) is 3.20. The molecule has 4 nitrogen and oxygen atoms in total. The van der Waals surface area contributed by atoms with Gasteiger partial charge >= 0.3 is 0 Å². The van der Waals surface area contributed by atoms with Crippen LogP contribution in [0.3, 0.4) is 0 Å². The van der Waals surface area contributed by atoms with Gasteiger partial charge in [-0.1, -0.05) is 0 Å². The van der Waals surface area contributed by atoms with E-state index in [9.17, 15) is 8.42 Å². The first-order valence-electron chi connectivity index (χ1n) is 5.03. The molecule has 0 saturated heterocycles. The summed E-state index contributed by atoms with van der Waals surface area (Å²) in [5.74, 6) is 0. The van der Waals surface area contributed by atoms with E-state index in [0.717, 1.165) is 20.7 Å². The Labute approximate surface area is 118 Å². The van der Waals surface area contributed by atoms with Crippen LogP contribution in [-0.2, 0) is 10.0 Å². The molecule has 1 aromatic heterocycles. The largest absolute Gasteiger partial charge is 0.399 e. The molecular formula is C11H11BrN2O2S2. The van der Waals surface area contributed by atoms with Crippen LogP contribution in [-0.4, -0.2) is 8.42 Å². The number of nitrogens with two attached hydrogens (primary N) is 1. The van der Waals surface area contributed by atoms with Crippen LogP contribution in [0.1, 0.15) is 5.56 Å². The second-order valence-corrected chi connectivity index (χ2v) is 8.11. The van der Waals surface area contributed by atoms with Crippen molar-refractivity contribution >= 4 is 48.7 Å². The molecule has 0 aliphatic heterocycles. The monoisotopic (exact) mass is 346 g/mol. The Bertz CT molecular complexity index is 680. The standard InChI is InChI=1S/C11H11BrN2O2S2/c1-7-6-8(13)2-3-9(7)14-18(15,16)11-5-4-10(12)17-11/h2-6,14H,13H2,1H3. The number of nitrogen functional groups attached to an aromatic ring is 1. The van der Waals surface area contributed by atoms with Crippen LogP contribution in [0.25, 0.3) is 0 Å². The van der Waals surface area contributed by atoms with E-state index in [1.54, 1.807) is 37.3 Å². The van der Waals surface area contributed by atoms with Gasteiger partial charge in [0.25, 0.3) is 10.0 Å². The van der Waals surface area contributed by atoms with Crippen molar-refractivity contribution in [2.45, 2.75) is 11.1 Å². The third kappa shape index (κ3) is 2.85. The molecule has 0 unspecified atom stereocenters. The zero-order valence-corrected chi connectivity index (χ0v) is 12.7. The number of aryl methyl sites for hydroxylation is 1. The van der Waals surface area contributed by atoms with Crippen LogP contribution in [0.2, 0.25) is 0 Å². The molecule has 7 heteroatoms. The maximum Gasteiger partial charge on any atom is 0.271 e. The van der Waals surface area contributed by atoms with Crippen molar-refractivity contribution in [3.63, 3.8) is 0 Å². The smallest absolute Gasteiger partial charge is 0.271 e. The first-order chi connectivity index (χ1) is 8.38. The zero-order chi connectivity index (χ0) is 13.3. The molecule has 0 aliphatic carbocycles. The third-order valence-corrected chi connectivity index (χ3v) is 5.79. The quantitative estimate of drug-likeness (QED) is 0.838. The fourth-order valence-corrected chi connectivity index (χ4v) is 4.58. The van der Waals surface area contributed by atoms with E-state index in [2.05, 4.69) is 20.7 Å². The number of thiophene rings is 1. The van der Waals surface area contributed by atoms with Gasteiger partial charge < -0.3 is 5.73 Å². The van der Waals surface area contributed by atoms with Crippen molar-refractivity contribution in [1.29, 1.82) is 0 Å². The normalized spacial score (nSPS) is 11.4. The topological polar surface area (TPSA) is 72.2 Å². The van der Waals surface area contributed by atoms with Gasteiger partial charge in [-0.2, -0.15) is 0 Å². The van der Waals surface area contributed by atoms with Crippen LogP contribution in [0, 0.1) is 6.92 Å². The molecule has 0 aliphatic rings. The summed E-state index contributed by atoms with van der Waals surface area (Å²) in [6.45, 7) is 1.80. The van der Waals surface area contributed by atoms with Gasteiger partial charge in [0.1, 0.15) is 4.21 Å².